The van der Waals surface area contributed by atoms with Gasteiger partial charge in [0.25, 0.3) is 0 Å². The van der Waals surface area contributed by atoms with Crippen LogP contribution < -0.4 is 5.32 Å². The number of anilines is 1. The maximum Gasteiger partial charge on any atom is 0.239 e. The summed E-state index contributed by atoms with van der Waals surface area (Å²) in [6, 6.07) is 5.38. The number of sulfone groups is 1. The van der Waals surface area contributed by atoms with Gasteiger partial charge >= 0.3 is 0 Å². The second-order valence-corrected chi connectivity index (χ2v) is 7.84. The van der Waals surface area contributed by atoms with Crippen molar-refractivity contribution in [2.75, 3.05) is 11.1 Å². The van der Waals surface area contributed by atoms with E-state index in [0.717, 1.165) is 10.0 Å². The predicted octanol–water partition coefficient (Wildman–Crippen LogP) is 2.52. The van der Waals surface area contributed by atoms with Crippen LogP contribution in [0.1, 0.15) is 19.4 Å². The van der Waals surface area contributed by atoms with Crippen molar-refractivity contribution in [3.8, 4) is 0 Å². The van der Waals surface area contributed by atoms with E-state index in [1.54, 1.807) is 26.0 Å². The largest absolute Gasteiger partial charge is 0.325 e. The Morgan fingerprint density at radius 2 is 2.00 bits per heavy atom. The molecule has 1 aromatic carbocycles. The summed E-state index contributed by atoms with van der Waals surface area (Å²) >= 11 is 3.32. The van der Waals surface area contributed by atoms with Gasteiger partial charge < -0.3 is 5.32 Å². The zero-order valence-corrected chi connectivity index (χ0v) is 12.9. The second kappa shape index (κ2) is 5.84. The number of aryl methyl sites for hydroxylation is 1. The molecule has 0 spiro atoms. The van der Waals surface area contributed by atoms with Gasteiger partial charge in [-0.2, -0.15) is 0 Å². The van der Waals surface area contributed by atoms with Crippen LogP contribution >= 0.6 is 15.9 Å². The third-order valence-corrected chi connectivity index (χ3v) is 5.11. The van der Waals surface area contributed by atoms with Gasteiger partial charge in [-0.25, -0.2) is 8.42 Å². The molecular weight excluding hydrogens is 318 g/mol. The van der Waals surface area contributed by atoms with Crippen LogP contribution in [0.15, 0.2) is 22.7 Å². The molecule has 0 aliphatic carbocycles. The van der Waals surface area contributed by atoms with Crippen LogP contribution in [0.25, 0.3) is 0 Å². The highest BCUT2D eigenvalue weighted by molar-refractivity contribution is 9.10. The van der Waals surface area contributed by atoms with E-state index in [2.05, 4.69) is 21.2 Å². The van der Waals surface area contributed by atoms with Crippen LogP contribution in [0.2, 0.25) is 0 Å². The summed E-state index contributed by atoms with van der Waals surface area (Å²) < 4.78 is 24.1. The third-order valence-electron chi connectivity index (χ3n) is 2.51. The zero-order valence-electron chi connectivity index (χ0n) is 10.5. The van der Waals surface area contributed by atoms with Gasteiger partial charge in [0.15, 0.2) is 9.84 Å². The summed E-state index contributed by atoms with van der Waals surface area (Å²) in [7, 11) is -3.36. The number of nitrogens with one attached hydrogen (secondary N) is 1. The first-order valence-electron chi connectivity index (χ1n) is 5.50. The normalized spacial score (nSPS) is 11.6. The monoisotopic (exact) mass is 333 g/mol. The van der Waals surface area contributed by atoms with Gasteiger partial charge in [0.2, 0.25) is 5.91 Å². The molecule has 100 valence electrons. The van der Waals surface area contributed by atoms with E-state index >= 15 is 0 Å². The molecule has 0 saturated heterocycles. The molecule has 0 atom stereocenters. The Hall–Kier alpha value is -0.880. The van der Waals surface area contributed by atoms with Gasteiger partial charge in [0.05, 0.1) is 5.25 Å². The molecule has 0 fully saturated rings. The molecule has 1 aromatic rings. The molecule has 6 heteroatoms. The molecule has 1 rings (SSSR count). The second-order valence-electron chi connectivity index (χ2n) is 4.36. The highest BCUT2D eigenvalue weighted by atomic mass is 79.9. The van der Waals surface area contributed by atoms with Crippen molar-refractivity contribution in [1.29, 1.82) is 0 Å². The zero-order chi connectivity index (χ0) is 13.9. The molecule has 1 N–H and O–H groups in total. The molecule has 0 saturated carbocycles. The first-order chi connectivity index (χ1) is 8.22. The SMILES string of the molecule is Cc1cc(Br)ccc1NC(=O)CS(=O)(=O)C(C)C. The van der Waals surface area contributed by atoms with Gasteiger partial charge in [-0.3, -0.25) is 4.79 Å². The smallest absolute Gasteiger partial charge is 0.239 e. The number of hydrogen-bond donors (Lipinski definition) is 1. The van der Waals surface area contributed by atoms with Crippen molar-refractivity contribution in [2.45, 2.75) is 26.0 Å². The Balaban J connectivity index is 2.77. The number of carbonyl (C=O) groups excluding carboxylic acids is 1. The maximum atomic E-state index is 11.7. The number of carbonyl (C=O) groups is 1. The summed E-state index contributed by atoms with van der Waals surface area (Å²) in [6.07, 6.45) is 0. The lowest BCUT2D eigenvalue weighted by molar-refractivity contribution is -0.113. The van der Waals surface area contributed by atoms with E-state index in [1.165, 1.54) is 0 Å². The number of benzene rings is 1. The lowest BCUT2D eigenvalue weighted by atomic mass is 10.2. The average molecular weight is 334 g/mol. The molecule has 0 radical (unpaired) electrons. The van der Waals surface area contributed by atoms with Crippen molar-refractivity contribution in [2.24, 2.45) is 0 Å². The summed E-state index contributed by atoms with van der Waals surface area (Å²) in [6.45, 7) is 4.97. The van der Waals surface area contributed by atoms with Gasteiger partial charge in [0, 0.05) is 10.2 Å². The van der Waals surface area contributed by atoms with E-state index in [0.29, 0.717) is 5.69 Å². The summed E-state index contributed by atoms with van der Waals surface area (Å²) in [4.78, 5) is 11.7. The molecule has 0 aliphatic rings. The highest BCUT2D eigenvalue weighted by Crippen LogP contribution is 2.20. The van der Waals surface area contributed by atoms with Crippen LogP contribution in [0.4, 0.5) is 5.69 Å². The van der Waals surface area contributed by atoms with Gasteiger partial charge in [-0.1, -0.05) is 15.9 Å². The average Bonchev–Trinajstić information content (AvgIpc) is 2.21. The Labute approximate surface area is 116 Å². The molecule has 0 heterocycles. The number of amides is 1. The summed E-state index contributed by atoms with van der Waals surface area (Å²) in [5.74, 6) is -0.991. The van der Waals surface area contributed by atoms with Crippen molar-refractivity contribution < 1.29 is 13.2 Å². The van der Waals surface area contributed by atoms with E-state index in [1.807, 2.05) is 13.0 Å². The number of halogens is 1. The minimum atomic E-state index is -3.36. The molecule has 1 amide bonds. The fraction of sp³-hybridized carbons (Fsp3) is 0.417. The number of rotatable bonds is 4. The predicted molar refractivity (Wildman–Crippen MR) is 76.4 cm³/mol. The Kier molecular flexibility index (Phi) is 4.92. The molecular formula is C12H16BrNO3S. The van der Waals surface area contributed by atoms with Crippen molar-refractivity contribution >= 4 is 37.4 Å². The molecule has 0 unspecified atom stereocenters. The quantitative estimate of drug-likeness (QED) is 0.920. The van der Waals surface area contributed by atoms with Crippen LogP contribution in [-0.2, 0) is 14.6 Å². The van der Waals surface area contributed by atoms with Gasteiger partial charge in [-0.15, -0.1) is 0 Å². The maximum absolute atomic E-state index is 11.7. The first-order valence-corrected chi connectivity index (χ1v) is 8.01. The van der Waals surface area contributed by atoms with E-state index in [4.69, 9.17) is 0 Å². The van der Waals surface area contributed by atoms with Crippen LogP contribution in [0.5, 0.6) is 0 Å². The van der Waals surface area contributed by atoms with E-state index in [-0.39, 0.29) is 0 Å². The number of hydrogen-bond acceptors (Lipinski definition) is 3. The lowest BCUT2D eigenvalue weighted by Crippen LogP contribution is -2.28. The topological polar surface area (TPSA) is 63.2 Å². The minimum Gasteiger partial charge on any atom is -0.325 e. The van der Waals surface area contributed by atoms with Crippen molar-refractivity contribution in [1.82, 2.24) is 0 Å². The van der Waals surface area contributed by atoms with E-state index < -0.39 is 26.7 Å². The first kappa shape index (κ1) is 15.2. The van der Waals surface area contributed by atoms with Crippen LogP contribution in [-0.4, -0.2) is 25.3 Å². The van der Waals surface area contributed by atoms with Gasteiger partial charge in [0.1, 0.15) is 5.75 Å². The van der Waals surface area contributed by atoms with Crippen molar-refractivity contribution in [3.63, 3.8) is 0 Å². The summed E-state index contributed by atoms with van der Waals surface area (Å²) in [5, 5.41) is 2.06. The van der Waals surface area contributed by atoms with Crippen LogP contribution in [0.3, 0.4) is 0 Å². The Bertz CT molecular complexity index is 552. The van der Waals surface area contributed by atoms with Crippen molar-refractivity contribution in [3.05, 3.63) is 28.2 Å². The van der Waals surface area contributed by atoms with Gasteiger partial charge in [-0.05, 0) is 44.5 Å². The van der Waals surface area contributed by atoms with Crippen LogP contribution in [0, 0.1) is 6.92 Å². The Morgan fingerprint density at radius 3 is 2.50 bits per heavy atom. The molecule has 0 aliphatic heterocycles. The fourth-order valence-corrected chi connectivity index (χ4v) is 2.55. The Morgan fingerprint density at radius 1 is 1.39 bits per heavy atom. The molecule has 4 nitrogen and oxygen atoms in total. The molecule has 0 bridgehead atoms. The highest BCUT2D eigenvalue weighted by Gasteiger charge is 2.20. The van der Waals surface area contributed by atoms with E-state index in [9.17, 15) is 13.2 Å². The minimum absolute atomic E-state index is 0.486. The lowest BCUT2D eigenvalue weighted by Gasteiger charge is -2.10. The molecule has 18 heavy (non-hydrogen) atoms. The summed E-state index contributed by atoms with van der Waals surface area (Å²) in [5.41, 5.74) is 1.50. The standard InChI is InChI=1S/C12H16BrNO3S/c1-8(2)18(16,17)7-12(15)14-11-5-4-10(13)6-9(11)3/h4-6,8H,7H2,1-3H3,(H,14,15). The third kappa shape index (κ3) is 4.10. The fourth-order valence-electron chi connectivity index (χ4n) is 1.30. The molecule has 0 aromatic heterocycles.